The maximum atomic E-state index is 13.0. The zero-order chi connectivity index (χ0) is 28.3. The SMILES string of the molecule is COC(=O)C(Oc1cc(O)c2c(=O)cc(-c3ccccc3)oc2c1)c1cc(-c2ccccc2)n(-c2ccccc2)n1. The molecule has 0 radical (unpaired) electrons. The van der Waals surface area contributed by atoms with Gasteiger partial charge >= 0.3 is 5.97 Å². The van der Waals surface area contributed by atoms with E-state index in [0.717, 1.165) is 16.9 Å². The van der Waals surface area contributed by atoms with Crippen LogP contribution in [0.1, 0.15) is 11.8 Å². The van der Waals surface area contributed by atoms with Gasteiger partial charge in [0.15, 0.2) is 5.43 Å². The van der Waals surface area contributed by atoms with Gasteiger partial charge in [0, 0.05) is 29.3 Å². The van der Waals surface area contributed by atoms with Crippen molar-refractivity contribution in [3.63, 3.8) is 0 Å². The first-order chi connectivity index (χ1) is 20.0. The normalized spacial score (nSPS) is 11.7. The van der Waals surface area contributed by atoms with E-state index >= 15 is 0 Å². The number of hydrogen-bond acceptors (Lipinski definition) is 7. The molecule has 2 aromatic heterocycles. The van der Waals surface area contributed by atoms with Crippen molar-refractivity contribution in [1.82, 2.24) is 9.78 Å². The first-order valence-electron chi connectivity index (χ1n) is 12.8. The molecule has 202 valence electrons. The highest BCUT2D eigenvalue weighted by atomic mass is 16.6. The molecule has 0 saturated heterocycles. The van der Waals surface area contributed by atoms with Crippen molar-refractivity contribution in [3.8, 4) is 39.8 Å². The number of carbonyl (C=O) groups is 1. The number of benzene rings is 4. The molecule has 41 heavy (non-hydrogen) atoms. The number of phenols is 1. The third-order valence-electron chi connectivity index (χ3n) is 6.58. The van der Waals surface area contributed by atoms with Gasteiger partial charge in [-0.15, -0.1) is 0 Å². The Morgan fingerprint density at radius 1 is 0.854 bits per heavy atom. The van der Waals surface area contributed by atoms with Crippen LogP contribution in [0, 0.1) is 0 Å². The zero-order valence-corrected chi connectivity index (χ0v) is 21.9. The monoisotopic (exact) mass is 544 g/mol. The van der Waals surface area contributed by atoms with Crippen molar-refractivity contribution < 1.29 is 23.8 Å². The van der Waals surface area contributed by atoms with Crippen LogP contribution in [0.25, 0.3) is 39.2 Å². The first kappa shape index (κ1) is 25.6. The smallest absolute Gasteiger partial charge is 0.353 e. The van der Waals surface area contributed by atoms with Crippen molar-refractivity contribution in [3.05, 3.63) is 131 Å². The molecule has 8 heteroatoms. The number of para-hydroxylation sites is 1. The number of hydrogen-bond donors (Lipinski definition) is 1. The van der Waals surface area contributed by atoms with Crippen LogP contribution >= 0.6 is 0 Å². The van der Waals surface area contributed by atoms with Gasteiger partial charge in [-0.2, -0.15) is 5.10 Å². The molecular weight excluding hydrogens is 520 g/mol. The predicted molar refractivity (Wildman–Crippen MR) is 154 cm³/mol. The minimum atomic E-state index is -1.28. The lowest BCUT2D eigenvalue weighted by molar-refractivity contribution is -0.149. The number of aromatic nitrogens is 2. The molecule has 0 aliphatic carbocycles. The number of ether oxygens (including phenoxy) is 2. The van der Waals surface area contributed by atoms with E-state index < -0.39 is 17.5 Å². The minimum Gasteiger partial charge on any atom is -0.507 e. The molecule has 0 fully saturated rings. The molecule has 0 spiro atoms. The van der Waals surface area contributed by atoms with Crippen LogP contribution in [0.5, 0.6) is 11.5 Å². The number of rotatable bonds is 7. The summed E-state index contributed by atoms with van der Waals surface area (Å²) in [6.45, 7) is 0. The highest BCUT2D eigenvalue weighted by Gasteiger charge is 2.29. The van der Waals surface area contributed by atoms with Crippen molar-refractivity contribution in [2.24, 2.45) is 0 Å². The molecule has 1 N–H and O–H groups in total. The van der Waals surface area contributed by atoms with Gasteiger partial charge in [0.2, 0.25) is 6.10 Å². The van der Waals surface area contributed by atoms with Crippen LogP contribution in [0.3, 0.4) is 0 Å². The van der Waals surface area contributed by atoms with Gasteiger partial charge in [-0.25, -0.2) is 9.48 Å². The number of carbonyl (C=O) groups excluding carboxylic acids is 1. The summed E-state index contributed by atoms with van der Waals surface area (Å²) in [5.41, 5.74) is 3.10. The average Bonchev–Trinajstić information content (AvgIpc) is 3.46. The Labute approximate surface area is 234 Å². The van der Waals surface area contributed by atoms with E-state index in [1.54, 1.807) is 10.7 Å². The Morgan fingerprint density at radius 2 is 1.49 bits per heavy atom. The lowest BCUT2D eigenvalue weighted by Gasteiger charge is -2.16. The van der Waals surface area contributed by atoms with Gasteiger partial charge in [-0.1, -0.05) is 78.9 Å². The van der Waals surface area contributed by atoms with Crippen molar-refractivity contribution in [2.45, 2.75) is 6.10 Å². The highest BCUT2D eigenvalue weighted by Crippen LogP contribution is 2.34. The highest BCUT2D eigenvalue weighted by molar-refractivity contribution is 5.86. The number of phenolic OH excluding ortho intramolecular Hbond substituents is 1. The van der Waals surface area contributed by atoms with Crippen LogP contribution in [0.2, 0.25) is 0 Å². The van der Waals surface area contributed by atoms with Gasteiger partial charge < -0.3 is 19.0 Å². The number of methoxy groups -OCH3 is 1. The largest absolute Gasteiger partial charge is 0.507 e. The molecule has 1 unspecified atom stereocenters. The third-order valence-corrected chi connectivity index (χ3v) is 6.58. The van der Waals surface area contributed by atoms with Crippen LogP contribution < -0.4 is 10.2 Å². The topological polar surface area (TPSA) is 104 Å². The van der Waals surface area contributed by atoms with E-state index in [2.05, 4.69) is 0 Å². The average molecular weight is 545 g/mol. The predicted octanol–water partition coefficient (Wildman–Crippen LogP) is 6.31. The summed E-state index contributed by atoms with van der Waals surface area (Å²) in [5, 5.41) is 15.5. The zero-order valence-electron chi connectivity index (χ0n) is 21.9. The van der Waals surface area contributed by atoms with Gasteiger partial charge in [0.1, 0.15) is 33.9 Å². The van der Waals surface area contributed by atoms with E-state index in [4.69, 9.17) is 19.0 Å². The standard InChI is InChI=1S/C33H24N2O6/c1-39-33(38)32(25-19-26(21-11-5-2-6-12-21)35(34-25)23-15-9-4-10-16-23)40-24-17-27(36)31-28(37)20-29(41-30(31)18-24)22-13-7-3-8-14-22/h2-20,32,36H,1H3. The first-order valence-corrected chi connectivity index (χ1v) is 12.8. The van der Waals surface area contributed by atoms with E-state index in [-0.39, 0.29) is 22.5 Å². The fraction of sp³-hybridized carbons (Fsp3) is 0.0606. The van der Waals surface area contributed by atoms with Crippen LogP contribution in [-0.2, 0) is 9.53 Å². The molecule has 4 aromatic carbocycles. The quantitative estimate of drug-likeness (QED) is 0.235. The lowest BCUT2D eigenvalue weighted by Crippen LogP contribution is -2.21. The van der Waals surface area contributed by atoms with Crippen molar-refractivity contribution >= 4 is 16.9 Å². The van der Waals surface area contributed by atoms with Gasteiger partial charge in [-0.05, 0) is 18.2 Å². The summed E-state index contributed by atoms with van der Waals surface area (Å²) in [6.07, 6.45) is -1.28. The van der Waals surface area contributed by atoms with Gasteiger partial charge in [0.05, 0.1) is 18.5 Å². The molecule has 0 amide bonds. The Morgan fingerprint density at radius 3 is 2.15 bits per heavy atom. The fourth-order valence-electron chi connectivity index (χ4n) is 4.64. The number of nitrogens with zero attached hydrogens (tertiary/aromatic N) is 2. The molecule has 0 aliphatic heterocycles. The summed E-state index contributed by atoms with van der Waals surface area (Å²) < 4.78 is 18.9. The molecule has 0 saturated carbocycles. The van der Waals surface area contributed by atoms with Gasteiger partial charge in [-0.3, -0.25) is 4.79 Å². The Bertz CT molecular complexity index is 1840. The summed E-state index contributed by atoms with van der Waals surface area (Å²) in [4.78, 5) is 25.9. The second-order valence-corrected chi connectivity index (χ2v) is 9.25. The second-order valence-electron chi connectivity index (χ2n) is 9.25. The van der Waals surface area contributed by atoms with Crippen LogP contribution in [0.4, 0.5) is 0 Å². The molecular formula is C33H24N2O6. The Kier molecular flexibility index (Phi) is 6.79. The molecule has 1 atom stereocenters. The van der Waals surface area contributed by atoms with E-state index in [1.165, 1.54) is 25.3 Å². The van der Waals surface area contributed by atoms with Crippen molar-refractivity contribution in [1.29, 1.82) is 0 Å². The number of aromatic hydroxyl groups is 1. The molecule has 0 aliphatic rings. The summed E-state index contributed by atoms with van der Waals surface area (Å²) >= 11 is 0. The number of esters is 1. The lowest BCUT2D eigenvalue weighted by atomic mass is 10.1. The summed E-state index contributed by atoms with van der Waals surface area (Å²) in [5.74, 6) is -0.608. The van der Waals surface area contributed by atoms with E-state index in [9.17, 15) is 14.7 Å². The van der Waals surface area contributed by atoms with E-state index in [0.29, 0.717) is 17.0 Å². The third kappa shape index (κ3) is 5.06. The Hall–Kier alpha value is -5.63. The number of fused-ring (bicyclic) bond motifs is 1. The Balaban J connectivity index is 1.45. The van der Waals surface area contributed by atoms with Crippen molar-refractivity contribution in [2.75, 3.05) is 7.11 Å². The minimum absolute atomic E-state index is 0.00590. The second kappa shape index (κ2) is 10.9. The fourth-order valence-corrected chi connectivity index (χ4v) is 4.64. The molecule has 6 aromatic rings. The van der Waals surface area contributed by atoms with Crippen LogP contribution in [0.15, 0.2) is 124 Å². The summed E-state index contributed by atoms with van der Waals surface area (Å²) in [6, 6.07) is 34.1. The van der Waals surface area contributed by atoms with Gasteiger partial charge in [0.25, 0.3) is 0 Å². The molecule has 6 rings (SSSR count). The molecule has 0 bridgehead atoms. The maximum absolute atomic E-state index is 13.0. The molecule has 8 nitrogen and oxygen atoms in total. The maximum Gasteiger partial charge on any atom is 0.353 e. The summed E-state index contributed by atoms with van der Waals surface area (Å²) in [7, 11) is 1.26. The van der Waals surface area contributed by atoms with E-state index in [1.807, 2.05) is 91.0 Å². The van der Waals surface area contributed by atoms with Crippen LogP contribution in [-0.4, -0.2) is 28.0 Å². The molecule has 2 heterocycles.